The van der Waals surface area contributed by atoms with Gasteiger partial charge in [-0.15, -0.1) is 0 Å². The highest BCUT2D eigenvalue weighted by Crippen LogP contribution is 2.07. The van der Waals surface area contributed by atoms with Gasteiger partial charge in [-0.1, -0.05) is 65.5 Å². The topological polar surface area (TPSA) is 9.23 Å². The summed E-state index contributed by atoms with van der Waals surface area (Å²) in [7, 11) is 0. The van der Waals surface area contributed by atoms with Crippen LogP contribution in [-0.2, 0) is 11.2 Å². The lowest BCUT2D eigenvalue weighted by Gasteiger charge is -2.04. The average Bonchev–Trinajstić information content (AvgIpc) is 2.46. The van der Waals surface area contributed by atoms with Crippen molar-refractivity contribution in [3.05, 3.63) is 35.9 Å². The molecule has 0 aliphatic carbocycles. The number of unbranched alkanes of at least 4 members (excludes halogenated alkanes) is 5. The van der Waals surface area contributed by atoms with Gasteiger partial charge >= 0.3 is 0 Å². The normalized spacial score (nSPS) is 10.8. The lowest BCUT2D eigenvalue weighted by atomic mass is 10.1. The lowest BCUT2D eigenvalue weighted by molar-refractivity contribution is 0.126. The van der Waals surface area contributed by atoms with Crippen LogP contribution in [0.4, 0.5) is 0 Å². The molecule has 0 aliphatic rings. The molecule has 0 radical (unpaired) electrons. The first-order chi connectivity index (χ1) is 9.43. The number of ether oxygens (including phenoxy) is 1. The van der Waals surface area contributed by atoms with Crippen molar-refractivity contribution in [1.29, 1.82) is 0 Å². The standard InChI is InChI=1S/C17H27BrO/c18-14-8-1-2-9-15-19-16-10-4-7-13-17-11-5-3-6-12-17/h3,5-6,11-12H,1-2,4,7-10,13-16H2. The SMILES string of the molecule is BrCCCCCCOCCCCCc1ccccc1. The van der Waals surface area contributed by atoms with Crippen LogP contribution in [0.5, 0.6) is 0 Å². The molecule has 0 spiro atoms. The summed E-state index contributed by atoms with van der Waals surface area (Å²) >= 11 is 3.45. The summed E-state index contributed by atoms with van der Waals surface area (Å²) in [6.45, 7) is 1.88. The molecule has 0 fully saturated rings. The van der Waals surface area contributed by atoms with Crippen molar-refractivity contribution in [2.75, 3.05) is 18.5 Å². The third-order valence-corrected chi connectivity index (χ3v) is 3.83. The molecule has 0 aromatic heterocycles. The van der Waals surface area contributed by atoms with Gasteiger partial charge in [0, 0.05) is 18.5 Å². The fraction of sp³-hybridized carbons (Fsp3) is 0.647. The summed E-state index contributed by atoms with van der Waals surface area (Å²) in [5.74, 6) is 0. The number of aryl methyl sites for hydroxylation is 1. The van der Waals surface area contributed by atoms with E-state index in [0.29, 0.717) is 0 Å². The Morgan fingerprint density at radius 3 is 2.05 bits per heavy atom. The molecule has 19 heavy (non-hydrogen) atoms. The van der Waals surface area contributed by atoms with Crippen molar-refractivity contribution < 1.29 is 4.74 Å². The molecule has 0 unspecified atom stereocenters. The summed E-state index contributed by atoms with van der Waals surface area (Å²) < 4.78 is 5.65. The Kier molecular flexibility index (Phi) is 11.2. The van der Waals surface area contributed by atoms with Crippen LogP contribution in [0.2, 0.25) is 0 Å². The molecular formula is C17H27BrO. The molecule has 0 atom stereocenters. The average molecular weight is 327 g/mol. The van der Waals surface area contributed by atoms with Crippen LogP contribution in [0.1, 0.15) is 50.5 Å². The summed E-state index contributed by atoms with van der Waals surface area (Å²) in [4.78, 5) is 0. The Hall–Kier alpha value is -0.340. The Morgan fingerprint density at radius 1 is 0.737 bits per heavy atom. The summed E-state index contributed by atoms with van der Waals surface area (Å²) in [5.41, 5.74) is 1.45. The van der Waals surface area contributed by atoms with Gasteiger partial charge in [0.25, 0.3) is 0 Å². The van der Waals surface area contributed by atoms with Crippen molar-refractivity contribution >= 4 is 15.9 Å². The molecule has 1 aromatic rings. The van der Waals surface area contributed by atoms with E-state index in [4.69, 9.17) is 4.74 Å². The van der Waals surface area contributed by atoms with Gasteiger partial charge in [0.15, 0.2) is 0 Å². The molecule has 2 heteroatoms. The molecule has 1 nitrogen and oxygen atoms in total. The van der Waals surface area contributed by atoms with Crippen molar-refractivity contribution in [3.8, 4) is 0 Å². The van der Waals surface area contributed by atoms with Crippen LogP contribution in [0.15, 0.2) is 30.3 Å². The zero-order chi connectivity index (χ0) is 13.6. The maximum Gasteiger partial charge on any atom is 0.0466 e. The van der Waals surface area contributed by atoms with Gasteiger partial charge in [-0.05, 0) is 37.7 Å². The zero-order valence-corrected chi connectivity index (χ0v) is 13.5. The van der Waals surface area contributed by atoms with E-state index in [-0.39, 0.29) is 0 Å². The number of hydrogen-bond donors (Lipinski definition) is 0. The van der Waals surface area contributed by atoms with Gasteiger partial charge in [0.2, 0.25) is 0 Å². The van der Waals surface area contributed by atoms with E-state index in [1.807, 2.05) is 0 Å². The van der Waals surface area contributed by atoms with Crippen LogP contribution in [0, 0.1) is 0 Å². The molecule has 1 rings (SSSR count). The fourth-order valence-electron chi connectivity index (χ4n) is 2.11. The minimum atomic E-state index is 0.938. The van der Waals surface area contributed by atoms with Crippen molar-refractivity contribution in [1.82, 2.24) is 0 Å². The second kappa shape index (κ2) is 12.7. The Labute approximate surface area is 126 Å². The Balaban J connectivity index is 1.79. The smallest absolute Gasteiger partial charge is 0.0466 e. The highest BCUT2D eigenvalue weighted by atomic mass is 79.9. The molecule has 0 saturated heterocycles. The van der Waals surface area contributed by atoms with Crippen LogP contribution in [-0.4, -0.2) is 18.5 Å². The van der Waals surface area contributed by atoms with Crippen molar-refractivity contribution in [2.24, 2.45) is 0 Å². The maximum absolute atomic E-state index is 5.65. The van der Waals surface area contributed by atoms with Crippen LogP contribution in [0.25, 0.3) is 0 Å². The van der Waals surface area contributed by atoms with E-state index in [9.17, 15) is 0 Å². The molecular weight excluding hydrogens is 300 g/mol. The molecule has 0 N–H and O–H groups in total. The predicted molar refractivity (Wildman–Crippen MR) is 87.1 cm³/mol. The third kappa shape index (κ3) is 10.1. The number of halogens is 1. The number of rotatable bonds is 12. The quantitative estimate of drug-likeness (QED) is 0.370. The van der Waals surface area contributed by atoms with Crippen molar-refractivity contribution in [3.63, 3.8) is 0 Å². The number of benzene rings is 1. The summed E-state index contributed by atoms with van der Waals surface area (Å²) in [6.07, 6.45) is 10.1. The minimum absolute atomic E-state index is 0.938. The fourth-order valence-corrected chi connectivity index (χ4v) is 2.51. The monoisotopic (exact) mass is 326 g/mol. The van der Waals surface area contributed by atoms with Gasteiger partial charge in [-0.2, -0.15) is 0 Å². The molecule has 0 saturated carbocycles. The molecule has 108 valence electrons. The largest absolute Gasteiger partial charge is 0.381 e. The van der Waals surface area contributed by atoms with Gasteiger partial charge in [0.1, 0.15) is 0 Å². The van der Waals surface area contributed by atoms with Gasteiger partial charge in [0.05, 0.1) is 0 Å². The van der Waals surface area contributed by atoms with E-state index in [2.05, 4.69) is 46.3 Å². The van der Waals surface area contributed by atoms with Gasteiger partial charge in [-0.3, -0.25) is 0 Å². The molecule has 0 aliphatic heterocycles. The minimum Gasteiger partial charge on any atom is -0.381 e. The highest BCUT2D eigenvalue weighted by molar-refractivity contribution is 9.09. The maximum atomic E-state index is 5.65. The van der Waals surface area contributed by atoms with E-state index in [1.165, 1.54) is 56.9 Å². The molecule has 0 heterocycles. The molecule has 1 aromatic carbocycles. The first-order valence-corrected chi connectivity index (χ1v) is 8.73. The lowest BCUT2D eigenvalue weighted by Crippen LogP contribution is -1.97. The van der Waals surface area contributed by atoms with Crippen molar-refractivity contribution in [2.45, 2.75) is 51.4 Å². The number of alkyl halides is 1. The highest BCUT2D eigenvalue weighted by Gasteiger charge is 1.94. The first-order valence-electron chi connectivity index (χ1n) is 7.61. The van der Waals surface area contributed by atoms with Gasteiger partial charge in [-0.25, -0.2) is 0 Å². The first kappa shape index (κ1) is 16.7. The predicted octanol–water partition coefficient (Wildman–Crippen LogP) is 5.37. The summed E-state index contributed by atoms with van der Waals surface area (Å²) in [6, 6.07) is 10.7. The number of hydrogen-bond acceptors (Lipinski definition) is 1. The Bertz CT molecular complexity index is 287. The zero-order valence-electron chi connectivity index (χ0n) is 12.0. The second-order valence-corrected chi connectivity index (χ2v) is 5.80. The van der Waals surface area contributed by atoms with E-state index < -0.39 is 0 Å². The third-order valence-electron chi connectivity index (χ3n) is 3.27. The Morgan fingerprint density at radius 2 is 1.37 bits per heavy atom. The van der Waals surface area contributed by atoms with Crippen LogP contribution < -0.4 is 0 Å². The molecule has 0 amide bonds. The van der Waals surface area contributed by atoms with Crippen LogP contribution >= 0.6 is 15.9 Å². The molecule has 0 bridgehead atoms. The van der Waals surface area contributed by atoms with Gasteiger partial charge < -0.3 is 4.74 Å². The van der Waals surface area contributed by atoms with Crippen LogP contribution in [0.3, 0.4) is 0 Å². The second-order valence-electron chi connectivity index (χ2n) is 5.01. The van der Waals surface area contributed by atoms with E-state index in [1.54, 1.807) is 0 Å². The van der Waals surface area contributed by atoms with E-state index >= 15 is 0 Å². The summed E-state index contributed by atoms with van der Waals surface area (Å²) in [5, 5.41) is 1.13. The van der Waals surface area contributed by atoms with E-state index in [0.717, 1.165) is 18.5 Å².